The number of fused-ring (bicyclic) bond motifs is 1. The maximum absolute atomic E-state index is 12.6. The molecule has 0 spiro atoms. The van der Waals surface area contributed by atoms with E-state index in [1.165, 1.54) is 0 Å². The summed E-state index contributed by atoms with van der Waals surface area (Å²) >= 11 is 0. The van der Waals surface area contributed by atoms with Crippen LogP contribution in [0.25, 0.3) is 0 Å². The van der Waals surface area contributed by atoms with Crippen LogP contribution in [0.3, 0.4) is 0 Å². The van der Waals surface area contributed by atoms with Crippen LogP contribution in [0, 0.1) is 16.7 Å². The predicted octanol–water partition coefficient (Wildman–Crippen LogP) is 1.43. The fraction of sp³-hybridized carbons (Fsp3) is 0.364. The first-order chi connectivity index (χ1) is 15.3. The number of aromatic nitrogens is 1. The van der Waals surface area contributed by atoms with Crippen molar-refractivity contribution in [2.75, 3.05) is 6.61 Å². The van der Waals surface area contributed by atoms with Crippen LogP contribution in [-0.2, 0) is 19.8 Å². The van der Waals surface area contributed by atoms with Gasteiger partial charge in [0.1, 0.15) is 30.7 Å². The molecule has 2 saturated heterocycles. The Bertz CT molecular complexity index is 1090. The van der Waals surface area contributed by atoms with Gasteiger partial charge in [-0.1, -0.05) is 18.2 Å². The molecule has 1 amide bonds. The normalized spacial score (nSPS) is 28.7. The number of aromatic amines is 1. The lowest BCUT2D eigenvalue weighted by Gasteiger charge is -2.28. The first kappa shape index (κ1) is 21.9. The quantitative estimate of drug-likeness (QED) is 0.410. The fourth-order valence-electron chi connectivity index (χ4n) is 4.01. The molecule has 10 heteroatoms. The van der Waals surface area contributed by atoms with E-state index in [9.17, 15) is 15.2 Å². The standard InChI is InChI=1S/C22H23N5O5/c1-21(2)31-17-15(10-28)30-22(11-23,18(17)32-21)16-9-8-14(26-16)19(25-12-24)27-20(29)13-6-4-3-5-7-13/h3-9,12,15,17-18,26,28H,10H2,1-2H3,(H2,24,25,27,29)/t15-,17-,18-,22+/m1/s1. The lowest BCUT2D eigenvalue weighted by molar-refractivity contribution is -0.204. The highest BCUT2D eigenvalue weighted by molar-refractivity contribution is 6.13. The van der Waals surface area contributed by atoms with Crippen molar-refractivity contribution in [3.8, 4) is 6.07 Å². The van der Waals surface area contributed by atoms with Gasteiger partial charge < -0.3 is 29.6 Å². The second kappa shape index (κ2) is 8.29. The Labute approximate surface area is 184 Å². The number of hydrogen-bond acceptors (Lipinski definition) is 7. The topological polar surface area (TPSA) is 153 Å². The molecule has 0 radical (unpaired) electrons. The molecule has 3 heterocycles. The molecule has 166 valence electrons. The summed E-state index contributed by atoms with van der Waals surface area (Å²) in [5, 5.41) is 29.9. The molecule has 2 fully saturated rings. The summed E-state index contributed by atoms with van der Waals surface area (Å²) in [5.41, 5.74) is -0.414. The van der Waals surface area contributed by atoms with E-state index in [2.05, 4.69) is 21.4 Å². The molecule has 2 aliphatic heterocycles. The number of nitriles is 1. The predicted molar refractivity (Wildman–Crippen MR) is 113 cm³/mol. The van der Waals surface area contributed by atoms with Crippen molar-refractivity contribution in [2.24, 2.45) is 4.99 Å². The Balaban J connectivity index is 1.65. The zero-order valence-electron chi connectivity index (χ0n) is 17.5. The summed E-state index contributed by atoms with van der Waals surface area (Å²) in [6, 6.07) is 14.0. The van der Waals surface area contributed by atoms with E-state index in [-0.39, 0.29) is 12.4 Å². The van der Waals surface area contributed by atoms with E-state index in [0.29, 0.717) is 17.0 Å². The molecule has 32 heavy (non-hydrogen) atoms. The number of ether oxygens (including phenoxy) is 3. The third-order valence-corrected chi connectivity index (χ3v) is 5.38. The number of hydrogen-bond donors (Lipinski definition) is 4. The third-order valence-electron chi connectivity index (χ3n) is 5.38. The highest BCUT2D eigenvalue weighted by Gasteiger charge is 2.64. The molecule has 2 aromatic rings. The molecule has 0 saturated carbocycles. The van der Waals surface area contributed by atoms with Crippen LogP contribution in [0.15, 0.2) is 47.5 Å². The number of nitrogens with one attached hydrogen (secondary N) is 3. The van der Waals surface area contributed by atoms with Gasteiger partial charge in [0.25, 0.3) is 5.91 Å². The van der Waals surface area contributed by atoms with Crippen molar-refractivity contribution in [1.29, 1.82) is 10.7 Å². The van der Waals surface area contributed by atoms with Gasteiger partial charge in [-0.25, -0.2) is 4.99 Å². The number of rotatable bonds is 5. The SMILES string of the molecule is CC1(C)O[C@H]2[C@@H](O1)[C@](C#N)(c1ccc(/C(=N\C=N)NC(=O)c3ccccc3)[nH]1)O[C@@H]2CO. The largest absolute Gasteiger partial charge is 0.394 e. The van der Waals surface area contributed by atoms with Crippen LogP contribution in [0.4, 0.5) is 0 Å². The van der Waals surface area contributed by atoms with Gasteiger partial charge in [0.05, 0.1) is 18.0 Å². The minimum absolute atomic E-state index is 0.102. The van der Waals surface area contributed by atoms with E-state index >= 15 is 0 Å². The van der Waals surface area contributed by atoms with Gasteiger partial charge in [-0.05, 0) is 38.1 Å². The van der Waals surface area contributed by atoms with Crippen LogP contribution in [0.2, 0.25) is 0 Å². The molecule has 4 rings (SSSR count). The van der Waals surface area contributed by atoms with Gasteiger partial charge >= 0.3 is 0 Å². The Morgan fingerprint density at radius 3 is 2.69 bits per heavy atom. The van der Waals surface area contributed by atoms with E-state index in [0.717, 1.165) is 6.34 Å². The van der Waals surface area contributed by atoms with Crippen LogP contribution in [-0.4, -0.2) is 58.9 Å². The number of amidine groups is 1. The molecule has 2 aliphatic rings. The Kier molecular flexibility index (Phi) is 5.66. The second-order valence-electron chi connectivity index (χ2n) is 7.92. The van der Waals surface area contributed by atoms with Gasteiger partial charge in [-0.2, -0.15) is 5.26 Å². The number of benzene rings is 1. The molecule has 1 aromatic carbocycles. The lowest BCUT2D eigenvalue weighted by atomic mass is 9.93. The summed E-state index contributed by atoms with van der Waals surface area (Å²) in [6.45, 7) is 3.12. The number of amides is 1. The second-order valence-corrected chi connectivity index (χ2v) is 7.92. The van der Waals surface area contributed by atoms with Gasteiger partial charge in [0.15, 0.2) is 11.6 Å². The number of nitrogens with zero attached hydrogens (tertiary/aromatic N) is 2. The minimum Gasteiger partial charge on any atom is -0.394 e. The van der Waals surface area contributed by atoms with Crippen LogP contribution in [0.5, 0.6) is 0 Å². The summed E-state index contributed by atoms with van der Waals surface area (Å²) in [5.74, 6) is -1.24. The Morgan fingerprint density at radius 1 is 1.28 bits per heavy atom. The Morgan fingerprint density at radius 2 is 2.03 bits per heavy atom. The van der Waals surface area contributed by atoms with Crippen molar-refractivity contribution in [1.82, 2.24) is 10.3 Å². The van der Waals surface area contributed by atoms with E-state index in [1.807, 2.05) is 0 Å². The summed E-state index contributed by atoms with van der Waals surface area (Å²) in [6.07, 6.45) is -1.36. The highest BCUT2D eigenvalue weighted by Crippen LogP contribution is 2.48. The van der Waals surface area contributed by atoms with Crippen molar-refractivity contribution in [2.45, 2.75) is 43.5 Å². The number of aliphatic hydroxyl groups excluding tert-OH is 1. The van der Waals surface area contributed by atoms with Crippen molar-refractivity contribution >= 4 is 18.1 Å². The van der Waals surface area contributed by atoms with Gasteiger partial charge in [-0.15, -0.1) is 0 Å². The van der Waals surface area contributed by atoms with Crippen LogP contribution >= 0.6 is 0 Å². The van der Waals surface area contributed by atoms with E-state index in [4.69, 9.17) is 19.6 Å². The number of aliphatic imine (C=N–C) groups is 1. The van der Waals surface area contributed by atoms with Crippen LogP contribution < -0.4 is 5.32 Å². The van der Waals surface area contributed by atoms with Gasteiger partial charge in [0.2, 0.25) is 5.60 Å². The minimum atomic E-state index is -1.57. The first-order valence-electron chi connectivity index (χ1n) is 10.0. The highest BCUT2D eigenvalue weighted by atomic mass is 16.8. The first-order valence-corrected chi connectivity index (χ1v) is 10.0. The fourth-order valence-corrected chi connectivity index (χ4v) is 4.01. The zero-order valence-corrected chi connectivity index (χ0v) is 17.5. The van der Waals surface area contributed by atoms with Crippen molar-refractivity contribution in [3.05, 3.63) is 59.4 Å². The molecular weight excluding hydrogens is 414 g/mol. The smallest absolute Gasteiger partial charge is 0.256 e. The van der Waals surface area contributed by atoms with Crippen molar-refractivity contribution in [3.63, 3.8) is 0 Å². The molecule has 0 bridgehead atoms. The Hall–Kier alpha value is -3.36. The van der Waals surface area contributed by atoms with E-state index < -0.39 is 35.6 Å². The number of carbonyl (C=O) groups is 1. The number of H-pyrrole nitrogens is 1. The molecule has 10 nitrogen and oxygen atoms in total. The molecule has 4 N–H and O–H groups in total. The van der Waals surface area contributed by atoms with Gasteiger partial charge in [-0.3, -0.25) is 10.2 Å². The maximum atomic E-state index is 12.6. The third kappa shape index (κ3) is 3.72. The molecule has 4 atom stereocenters. The molecular formula is C22H23N5O5. The number of carbonyl (C=O) groups excluding carboxylic acids is 1. The average Bonchev–Trinajstić information content (AvgIpc) is 3.47. The van der Waals surface area contributed by atoms with Crippen molar-refractivity contribution < 1.29 is 24.1 Å². The van der Waals surface area contributed by atoms with Crippen LogP contribution in [0.1, 0.15) is 35.6 Å². The van der Waals surface area contributed by atoms with E-state index in [1.54, 1.807) is 56.3 Å². The monoisotopic (exact) mass is 437 g/mol. The summed E-state index contributed by atoms with van der Waals surface area (Å²) in [4.78, 5) is 19.6. The summed E-state index contributed by atoms with van der Waals surface area (Å²) < 4.78 is 17.8. The zero-order chi connectivity index (χ0) is 22.9. The van der Waals surface area contributed by atoms with Gasteiger partial charge in [0, 0.05) is 5.56 Å². The molecule has 0 unspecified atom stereocenters. The maximum Gasteiger partial charge on any atom is 0.256 e. The number of aliphatic hydroxyl groups is 1. The average molecular weight is 437 g/mol. The lowest BCUT2D eigenvalue weighted by Crippen LogP contribution is -2.40. The molecule has 0 aliphatic carbocycles. The summed E-state index contributed by atoms with van der Waals surface area (Å²) in [7, 11) is 0. The molecule has 1 aromatic heterocycles.